The predicted octanol–water partition coefficient (Wildman–Crippen LogP) is 3.45. The van der Waals surface area contributed by atoms with Crippen LogP contribution < -0.4 is 10.6 Å². The van der Waals surface area contributed by atoms with Crippen LogP contribution in [0.5, 0.6) is 0 Å². The minimum atomic E-state index is -0.457. The Morgan fingerprint density at radius 1 is 1.25 bits per heavy atom. The van der Waals surface area contributed by atoms with Crippen molar-refractivity contribution in [1.82, 2.24) is 4.98 Å². The Labute approximate surface area is 139 Å². The maximum Gasteiger partial charge on any atom is 0.246 e. The number of aromatic nitrogens is 1. The molecule has 0 fully saturated rings. The van der Waals surface area contributed by atoms with E-state index >= 15 is 0 Å². The number of fused-ring (bicyclic) bond motifs is 1. The molecule has 120 valence electrons. The summed E-state index contributed by atoms with van der Waals surface area (Å²) in [4.78, 5) is 16.6. The Hall–Kier alpha value is -3.33. The van der Waals surface area contributed by atoms with E-state index in [0.717, 1.165) is 11.2 Å². The zero-order chi connectivity index (χ0) is 17.1. The highest BCUT2D eigenvalue weighted by atomic mass is 16.3. The lowest BCUT2D eigenvalue weighted by atomic mass is 10.2. The van der Waals surface area contributed by atoms with Gasteiger partial charge in [-0.15, -0.1) is 0 Å². The smallest absolute Gasteiger partial charge is 0.246 e. The van der Waals surface area contributed by atoms with E-state index in [9.17, 15) is 4.79 Å². The fraction of sp³-hybridized carbons (Fsp3) is 0.167. The standard InChI is InChI=1S/C18H16N4O2/c1-11(18(23)22-14-5-3-4-13(8-14)10-19)20-15-6-7-17-16(9-15)21-12(2)24-17/h3-9,11,20H,1-2H3,(H,22,23)/t11-/m0/s1. The van der Waals surface area contributed by atoms with Crippen LogP contribution in [0.15, 0.2) is 46.9 Å². The van der Waals surface area contributed by atoms with Gasteiger partial charge in [-0.05, 0) is 43.3 Å². The normalized spacial score (nSPS) is 11.7. The van der Waals surface area contributed by atoms with Gasteiger partial charge in [0.1, 0.15) is 11.6 Å². The van der Waals surface area contributed by atoms with Crippen molar-refractivity contribution in [1.29, 1.82) is 5.26 Å². The van der Waals surface area contributed by atoms with Gasteiger partial charge in [0.25, 0.3) is 0 Å². The van der Waals surface area contributed by atoms with E-state index in [4.69, 9.17) is 9.68 Å². The summed E-state index contributed by atoms with van der Waals surface area (Å²) in [5.74, 6) is 0.409. The van der Waals surface area contributed by atoms with Crippen molar-refractivity contribution in [2.24, 2.45) is 0 Å². The Bertz CT molecular complexity index is 940. The maximum absolute atomic E-state index is 12.3. The van der Waals surface area contributed by atoms with Gasteiger partial charge in [-0.1, -0.05) is 6.07 Å². The number of benzene rings is 2. The molecule has 0 aliphatic rings. The molecular weight excluding hydrogens is 304 g/mol. The molecule has 0 aliphatic heterocycles. The second kappa shape index (κ2) is 6.42. The summed E-state index contributed by atoms with van der Waals surface area (Å²) in [6.45, 7) is 3.56. The van der Waals surface area contributed by atoms with Crippen LogP contribution in [-0.2, 0) is 4.79 Å². The molecule has 0 radical (unpaired) electrons. The summed E-state index contributed by atoms with van der Waals surface area (Å²) < 4.78 is 5.43. The fourth-order valence-corrected chi connectivity index (χ4v) is 2.36. The molecule has 1 atom stereocenters. The second-order valence-corrected chi connectivity index (χ2v) is 5.46. The molecule has 6 nitrogen and oxygen atoms in total. The van der Waals surface area contributed by atoms with Gasteiger partial charge in [0.2, 0.25) is 5.91 Å². The molecule has 2 N–H and O–H groups in total. The van der Waals surface area contributed by atoms with Gasteiger partial charge in [0.05, 0.1) is 11.6 Å². The third-order valence-corrected chi connectivity index (χ3v) is 3.53. The summed E-state index contributed by atoms with van der Waals surface area (Å²) in [7, 11) is 0. The highest BCUT2D eigenvalue weighted by molar-refractivity contribution is 5.96. The number of anilines is 2. The fourth-order valence-electron chi connectivity index (χ4n) is 2.36. The quantitative estimate of drug-likeness (QED) is 0.768. The van der Waals surface area contributed by atoms with Gasteiger partial charge in [-0.2, -0.15) is 5.26 Å². The van der Waals surface area contributed by atoms with Crippen LogP contribution >= 0.6 is 0 Å². The molecule has 3 rings (SSSR count). The average Bonchev–Trinajstić information content (AvgIpc) is 2.94. The van der Waals surface area contributed by atoms with E-state index in [1.165, 1.54) is 0 Å². The molecule has 1 heterocycles. The molecule has 1 aromatic heterocycles. The summed E-state index contributed by atoms with van der Waals surface area (Å²) in [5.41, 5.74) is 3.33. The van der Waals surface area contributed by atoms with E-state index in [0.29, 0.717) is 22.7 Å². The van der Waals surface area contributed by atoms with Crippen LogP contribution in [0.4, 0.5) is 11.4 Å². The zero-order valence-corrected chi connectivity index (χ0v) is 13.3. The Balaban J connectivity index is 1.69. The van der Waals surface area contributed by atoms with Crippen LogP contribution in [-0.4, -0.2) is 16.9 Å². The molecule has 3 aromatic rings. The average molecular weight is 320 g/mol. The molecule has 24 heavy (non-hydrogen) atoms. The molecule has 0 aliphatic carbocycles. The number of hydrogen-bond donors (Lipinski definition) is 2. The Morgan fingerprint density at radius 3 is 2.88 bits per heavy atom. The first-order valence-electron chi connectivity index (χ1n) is 7.50. The number of hydrogen-bond acceptors (Lipinski definition) is 5. The topological polar surface area (TPSA) is 91.0 Å². The van der Waals surface area contributed by atoms with Crippen molar-refractivity contribution in [2.75, 3.05) is 10.6 Å². The molecule has 6 heteroatoms. The summed E-state index contributed by atoms with van der Waals surface area (Å²) >= 11 is 0. The SMILES string of the molecule is Cc1nc2cc(N[C@@H](C)C(=O)Nc3cccc(C#N)c3)ccc2o1. The molecular formula is C18H16N4O2. The molecule has 0 bridgehead atoms. The Morgan fingerprint density at radius 2 is 2.08 bits per heavy atom. The van der Waals surface area contributed by atoms with E-state index in [1.807, 2.05) is 24.3 Å². The van der Waals surface area contributed by atoms with Gasteiger partial charge in [-0.3, -0.25) is 4.79 Å². The number of aryl methyl sites for hydroxylation is 1. The van der Waals surface area contributed by atoms with Crippen molar-refractivity contribution in [2.45, 2.75) is 19.9 Å². The minimum Gasteiger partial charge on any atom is -0.441 e. The van der Waals surface area contributed by atoms with Crippen LogP contribution in [0.1, 0.15) is 18.4 Å². The van der Waals surface area contributed by atoms with Gasteiger partial charge < -0.3 is 15.1 Å². The number of nitrogens with zero attached hydrogens (tertiary/aromatic N) is 2. The van der Waals surface area contributed by atoms with Crippen LogP contribution in [0.2, 0.25) is 0 Å². The van der Waals surface area contributed by atoms with Crippen molar-refractivity contribution in [3.63, 3.8) is 0 Å². The van der Waals surface area contributed by atoms with E-state index in [1.54, 1.807) is 38.1 Å². The Kier molecular flexibility index (Phi) is 4.17. The number of nitrogens with one attached hydrogen (secondary N) is 2. The van der Waals surface area contributed by atoms with Crippen LogP contribution in [0.3, 0.4) is 0 Å². The molecule has 2 aromatic carbocycles. The first kappa shape index (κ1) is 15.6. The second-order valence-electron chi connectivity index (χ2n) is 5.46. The predicted molar refractivity (Wildman–Crippen MR) is 91.6 cm³/mol. The summed E-state index contributed by atoms with van der Waals surface area (Å²) in [6, 6.07) is 13.9. The maximum atomic E-state index is 12.3. The van der Waals surface area contributed by atoms with E-state index in [-0.39, 0.29) is 5.91 Å². The highest BCUT2D eigenvalue weighted by Gasteiger charge is 2.14. The minimum absolute atomic E-state index is 0.193. The van der Waals surface area contributed by atoms with Gasteiger partial charge in [-0.25, -0.2) is 4.98 Å². The number of rotatable bonds is 4. The number of amides is 1. The van der Waals surface area contributed by atoms with Crippen LogP contribution in [0.25, 0.3) is 11.1 Å². The first-order chi connectivity index (χ1) is 11.5. The lowest BCUT2D eigenvalue weighted by molar-refractivity contribution is -0.116. The first-order valence-corrected chi connectivity index (χ1v) is 7.50. The molecule has 0 saturated carbocycles. The van der Waals surface area contributed by atoms with Crippen molar-refractivity contribution in [3.05, 3.63) is 53.9 Å². The zero-order valence-electron chi connectivity index (χ0n) is 13.3. The van der Waals surface area contributed by atoms with Crippen molar-refractivity contribution >= 4 is 28.4 Å². The van der Waals surface area contributed by atoms with Crippen LogP contribution in [0, 0.1) is 18.3 Å². The largest absolute Gasteiger partial charge is 0.441 e. The molecule has 0 unspecified atom stereocenters. The summed E-state index contributed by atoms with van der Waals surface area (Å²) in [6.07, 6.45) is 0. The van der Waals surface area contributed by atoms with Gasteiger partial charge in [0, 0.05) is 18.3 Å². The molecule has 0 saturated heterocycles. The van der Waals surface area contributed by atoms with Crippen molar-refractivity contribution in [3.8, 4) is 6.07 Å². The summed E-state index contributed by atoms with van der Waals surface area (Å²) in [5, 5.41) is 14.8. The molecule has 1 amide bonds. The lowest BCUT2D eigenvalue weighted by Gasteiger charge is -2.15. The number of carbonyl (C=O) groups excluding carboxylic acids is 1. The number of nitriles is 1. The third kappa shape index (κ3) is 3.36. The van der Waals surface area contributed by atoms with E-state index < -0.39 is 6.04 Å². The van der Waals surface area contributed by atoms with Crippen molar-refractivity contribution < 1.29 is 9.21 Å². The highest BCUT2D eigenvalue weighted by Crippen LogP contribution is 2.20. The molecule has 0 spiro atoms. The van der Waals surface area contributed by atoms with Gasteiger partial charge in [0.15, 0.2) is 11.5 Å². The van der Waals surface area contributed by atoms with E-state index in [2.05, 4.69) is 15.6 Å². The third-order valence-electron chi connectivity index (χ3n) is 3.53. The number of carbonyl (C=O) groups is 1. The lowest BCUT2D eigenvalue weighted by Crippen LogP contribution is -2.31. The van der Waals surface area contributed by atoms with Gasteiger partial charge >= 0.3 is 0 Å². The number of oxazole rings is 1. The monoisotopic (exact) mass is 320 g/mol.